The molecule has 0 spiro atoms. The maximum Gasteiger partial charge on any atom is 0.183 e. The van der Waals surface area contributed by atoms with E-state index in [1.807, 2.05) is 18.4 Å². The summed E-state index contributed by atoms with van der Waals surface area (Å²) >= 11 is 1.68. The van der Waals surface area contributed by atoms with E-state index < -0.39 is 0 Å². The van der Waals surface area contributed by atoms with E-state index in [0.29, 0.717) is 29.1 Å². The zero-order chi connectivity index (χ0) is 19.4. The molecule has 0 unspecified atom stereocenters. The van der Waals surface area contributed by atoms with Crippen LogP contribution < -0.4 is 10.6 Å². The summed E-state index contributed by atoms with van der Waals surface area (Å²) in [5, 5.41) is 3.49. The van der Waals surface area contributed by atoms with Crippen LogP contribution in [0, 0.1) is 0 Å². The molecule has 0 saturated carbocycles. The molecule has 0 N–H and O–H groups in total. The number of hydrogen-bond donors (Lipinski definition) is 0. The Bertz CT molecular complexity index is 1580. The molecule has 1 aromatic carbocycles. The van der Waals surface area contributed by atoms with Crippen LogP contribution in [0.2, 0.25) is 0 Å². The average molecular weight is 399 g/mol. The van der Waals surface area contributed by atoms with Crippen LogP contribution >= 0.6 is 11.8 Å². The van der Waals surface area contributed by atoms with Crippen molar-refractivity contribution in [1.29, 1.82) is 0 Å². The summed E-state index contributed by atoms with van der Waals surface area (Å²) in [7, 11) is 0. The number of aromatic nitrogens is 2. The van der Waals surface area contributed by atoms with Gasteiger partial charge < -0.3 is 9.13 Å². The molecule has 4 heterocycles. The molecule has 0 bridgehead atoms. The van der Waals surface area contributed by atoms with Gasteiger partial charge in [-0.2, -0.15) is 0 Å². The maximum atomic E-state index is 12.9. The Morgan fingerprint density at radius 1 is 0.966 bits per heavy atom. The summed E-state index contributed by atoms with van der Waals surface area (Å²) in [5.74, 6) is 1.10. The van der Waals surface area contributed by atoms with Gasteiger partial charge in [-0.25, -0.2) is 0 Å². The minimum Gasteiger partial charge on any atom is -0.329 e. The predicted octanol–water partition coefficient (Wildman–Crippen LogP) is 1.96. The first-order valence-electron chi connectivity index (χ1n) is 9.48. The van der Waals surface area contributed by atoms with E-state index in [1.54, 1.807) is 24.0 Å². The second kappa shape index (κ2) is 5.04. The highest BCUT2D eigenvalue weighted by Gasteiger charge is 2.34. The number of benzene rings is 1. The molecule has 6 nitrogen and oxygen atoms in total. The number of carbonyl (C=O) groups excluding carboxylic acids is 3. The van der Waals surface area contributed by atoms with Gasteiger partial charge in [-0.15, -0.1) is 11.8 Å². The molecule has 0 saturated heterocycles. The molecular formula is C22H13N3O3S. The van der Waals surface area contributed by atoms with E-state index in [4.69, 9.17) is 0 Å². The Labute approximate surface area is 167 Å². The van der Waals surface area contributed by atoms with E-state index in [2.05, 4.69) is 14.1 Å². The first kappa shape index (κ1) is 15.7. The highest BCUT2D eigenvalue weighted by molar-refractivity contribution is 7.97. The molecule has 0 atom stereocenters. The molecule has 2 aliphatic carbocycles. The van der Waals surface area contributed by atoms with Gasteiger partial charge >= 0.3 is 0 Å². The fourth-order valence-corrected chi connectivity index (χ4v) is 6.21. The number of aliphatic imine (C=N–C) groups is 1. The monoisotopic (exact) mass is 399 g/mol. The third kappa shape index (κ3) is 1.71. The lowest BCUT2D eigenvalue weighted by atomic mass is 9.93. The van der Waals surface area contributed by atoms with Crippen LogP contribution in [0.15, 0.2) is 11.1 Å². The largest absolute Gasteiger partial charge is 0.329 e. The van der Waals surface area contributed by atoms with Gasteiger partial charge in [0.15, 0.2) is 17.3 Å². The Morgan fingerprint density at radius 2 is 1.79 bits per heavy atom. The molecule has 2 aliphatic heterocycles. The van der Waals surface area contributed by atoms with Crippen LogP contribution in [-0.2, 0) is 16.5 Å². The summed E-state index contributed by atoms with van der Waals surface area (Å²) in [6, 6.07) is 0. The van der Waals surface area contributed by atoms with Gasteiger partial charge in [-0.3, -0.25) is 19.4 Å². The molecule has 0 fully saturated rings. The van der Waals surface area contributed by atoms with E-state index in [1.165, 1.54) is 0 Å². The molecule has 7 rings (SSSR count). The Kier molecular flexibility index (Phi) is 2.73. The molecule has 29 heavy (non-hydrogen) atoms. The van der Waals surface area contributed by atoms with E-state index in [9.17, 15) is 14.4 Å². The van der Waals surface area contributed by atoms with Crippen LogP contribution in [0.5, 0.6) is 0 Å². The number of Topliss-reactive ketones (excluding diaryl/α,β-unsaturated/α-hetero) is 3. The highest BCUT2D eigenvalue weighted by atomic mass is 32.2. The smallest absolute Gasteiger partial charge is 0.183 e. The zero-order valence-electron chi connectivity index (χ0n) is 15.2. The second-order valence-corrected chi connectivity index (χ2v) is 8.69. The predicted molar refractivity (Wildman–Crippen MR) is 113 cm³/mol. The van der Waals surface area contributed by atoms with E-state index >= 15 is 0 Å². The Balaban J connectivity index is 1.87. The van der Waals surface area contributed by atoms with Gasteiger partial charge in [-0.05, 0) is 0 Å². The Morgan fingerprint density at radius 3 is 2.69 bits per heavy atom. The number of hydrogen-bond acceptors (Lipinski definition) is 5. The SMILES string of the molecule is O=C1C=c2c(c3c4c(c5c6c(n7c5c3n2CSC7)C(=O)CC=C6)C=NC=4)C(=O)C1. The first-order chi connectivity index (χ1) is 14.1. The normalized spacial score (nSPS) is 18.8. The van der Waals surface area contributed by atoms with Crippen molar-refractivity contribution in [2.45, 2.75) is 24.6 Å². The Hall–Kier alpha value is -3.19. The van der Waals surface area contributed by atoms with Gasteiger partial charge in [0.25, 0.3) is 0 Å². The number of rotatable bonds is 0. The van der Waals surface area contributed by atoms with Crippen molar-refractivity contribution in [2.75, 3.05) is 0 Å². The minimum atomic E-state index is -0.156. The lowest BCUT2D eigenvalue weighted by Crippen LogP contribution is -2.28. The molecule has 3 aromatic rings. The van der Waals surface area contributed by atoms with Gasteiger partial charge in [0, 0.05) is 52.0 Å². The molecule has 140 valence electrons. The van der Waals surface area contributed by atoms with E-state index in [0.717, 1.165) is 43.8 Å². The quantitative estimate of drug-likeness (QED) is 0.542. The van der Waals surface area contributed by atoms with Crippen molar-refractivity contribution in [3.8, 4) is 0 Å². The summed E-state index contributed by atoms with van der Waals surface area (Å²) in [4.78, 5) is 42.4. The summed E-state index contributed by atoms with van der Waals surface area (Å²) in [5.41, 5.74) is 5.16. The standard InChI is InChI=1S/C22H13N3O3S/c26-10-4-14-19(16(28)5-10)18-13-7-23-6-12(13)17-11-2-1-3-15(27)20(11)25-9-29-8-24(14)22(18)21(17)25/h1-2,4,6-7H,3,5,8-9H2. The van der Waals surface area contributed by atoms with Crippen molar-refractivity contribution < 1.29 is 14.4 Å². The maximum absolute atomic E-state index is 12.9. The van der Waals surface area contributed by atoms with Gasteiger partial charge in [0.1, 0.15) is 0 Å². The number of ketones is 3. The van der Waals surface area contributed by atoms with Crippen molar-refractivity contribution in [1.82, 2.24) is 9.13 Å². The lowest BCUT2D eigenvalue weighted by Gasteiger charge is -2.10. The minimum absolute atomic E-state index is 0.0916. The lowest BCUT2D eigenvalue weighted by molar-refractivity contribution is -0.112. The molecule has 0 radical (unpaired) electrons. The average Bonchev–Trinajstić information content (AvgIpc) is 3.32. The zero-order valence-corrected chi connectivity index (χ0v) is 16.0. The van der Waals surface area contributed by atoms with Gasteiger partial charge in [0.2, 0.25) is 0 Å². The number of carbonyl (C=O) groups is 3. The fraction of sp³-hybridized carbons (Fsp3) is 0.182. The number of fused-ring (bicyclic) bond motifs is 9. The van der Waals surface area contributed by atoms with Crippen molar-refractivity contribution >= 4 is 75.5 Å². The van der Waals surface area contributed by atoms with E-state index in [-0.39, 0.29) is 23.8 Å². The number of nitrogens with zero attached hydrogens (tertiary/aromatic N) is 3. The number of thioether (sulfide) groups is 1. The second-order valence-electron chi connectivity index (χ2n) is 7.76. The summed E-state index contributed by atoms with van der Waals surface area (Å²) < 4.78 is 4.19. The molecule has 7 heteroatoms. The third-order valence-electron chi connectivity index (χ3n) is 6.27. The molecule has 4 aliphatic rings. The fourth-order valence-electron chi connectivity index (χ4n) is 5.24. The summed E-state index contributed by atoms with van der Waals surface area (Å²) in [6.07, 6.45) is 9.49. The molecule has 2 aromatic heterocycles. The number of allylic oxidation sites excluding steroid dienone is 1. The highest BCUT2D eigenvalue weighted by Crippen LogP contribution is 2.40. The third-order valence-corrected chi connectivity index (χ3v) is 7.15. The molecular weight excluding hydrogens is 386 g/mol. The van der Waals surface area contributed by atoms with Crippen LogP contribution in [0.25, 0.3) is 40.2 Å². The van der Waals surface area contributed by atoms with Crippen molar-refractivity contribution in [3.05, 3.63) is 39.0 Å². The van der Waals surface area contributed by atoms with Gasteiger partial charge in [-0.1, -0.05) is 12.2 Å². The van der Waals surface area contributed by atoms with Gasteiger partial charge in [0.05, 0.1) is 45.8 Å². The van der Waals surface area contributed by atoms with Crippen LogP contribution in [-0.4, -0.2) is 32.7 Å². The van der Waals surface area contributed by atoms with Crippen LogP contribution in [0.3, 0.4) is 0 Å². The topological polar surface area (TPSA) is 73.4 Å². The molecule has 0 amide bonds. The van der Waals surface area contributed by atoms with Crippen molar-refractivity contribution in [2.24, 2.45) is 4.99 Å². The summed E-state index contributed by atoms with van der Waals surface area (Å²) in [6.45, 7) is 0. The van der Waals surface area contributed by atoms with Crippen LogP contribution in [0.4, 0.5) is 0 Å². The van der Waals surface area contributed by atoms with Crippen LogP contribution in [0.1, 0.15) is 44.8 Å². The van der Waals surface area contributed by atoms with Crippen molar-refractivity contribution in [3.63, 3.8) is 0 Å². The first-order valence-corrected chi connectivity index (χ1v) is 10.6.